The van der Waals surface area contributed by atoms with Crippen LogP contribution in [0.5, 0.6) is 0 Å². The van der Waals surface area contributed by atoms with E-state index in [1.165, 1.54) is 0 Å². The molecule has 0 amide bonds. The Morgan fingerprint density at radius 3 is 2.62 bits per heavy atom. The zero-order valence-corrected chi connectivity index (χ0v) is 18.2. The first-order valence-electron chi connectivity index (χ1n) is 8.09. The van der Waals surface area contributed by atoms with E-state index in [0.717, 1.165) is 54.9 Å². The third-order valence-electron chi connectivity index (χ3n) is 4.06. The summed E-state index contributed by atoms with van der Waals surface area (Å²) < 4.78 is 5.77. The summed E-state index contributed by atoms with van der Waals surface area (Å²) in [6.45, 7) is 5.47. The molecule has 4 nitrogen and oxygen atoms in total. The highest BCUT2D eigenvalue weighted by molar-refractivity contribution is 14.0. The number of benzene rings is 1. The van der Waals surface area contributed by atoms with Crippen LogP contribution >= 0.6 is 47.3 Å². The molecule has 0 aromatic heterocycles. The first kappa shape index (κ1) is 21.9. The van der Waals surface area contributed by atoms with Crippen molar-refractivity contribution in [2.45, 2.75) is 31.1 Å². The zero-order chi connectivity index (χ0) is 16.5. The first-order valence-corrected chi connectivity index (χ1v) is 9.45. The van der Waals surface area contributed by atoms with Crippen molar-refractivity contribution < 1.29 is 4.74 Å². The number of aliphatic imine (C=N–C) groups is 1. The maximum absolute atomic E-state index is 6.20. The van der Waals surface area contributed by atoms with Crippen molar-refractivity contribution in [2.75, 3.05) is 32.6 Å². The van der Waals surface area contributed by atoms with Crippen LogP contribution in [-0.4, -0.2) is 43.3 Å². The van der Waals surface area contributed by atoms with Gasteiger partial charge in [-0.05, 0) is 30.2 Å². The minimum atomic E-state index is 0. The monoisotopic (exact) mass is 483 g/mol. The quantitative estimate of drug-likeness (QED) is 0.366. The molecule has 1 heterocycles. The lowest BCUT2D eigenvalue weighted by Gasteiger charge is -2.37. The number of ether oxygens (including phenoxy) is 1. The van der Waals surface area contributed by atoms with E-state index in [1.807, 2.05) is 36.0 Å². The Kier molecular flexibility index (Phi) is 10.4. The number of nitrogens with zero attached hydrogens (tertiary/aromatic N) is 1. The summed E-state index contributed by atoms with van der Waals surface area (Å²) in [4.78, 5) is 4.32. The molecule has 1 aromatic rings. The second-order valence-corrected chi connectivity index (χ2v) is 7.74. The van der Waals surface area contributed by atoms with E-state index >= 15 is 0 Å². The minimum Gasteiger partial charge on any atom is -0.381 e. The number of rotatable bonds is 6. The number of nitrogens with one attached hydrogen (secondary N) is 2. The van der Waals surface area contributed by atoms with Gasteiger partial charge in [-0.3, -0.25) is 4.99 Å². The van der Waals surface area contributed by atoms with Gasteiger partial charge in [0.05, 0.1) is 0 Å². The molecule has 2 rings (SSSR count). The second kappa shape index (κ2) is 11.4. The van der Waals surface area contributed by atoms with Gasteiger partial charge >= 0.3 is 0 Å². The van der Waals surface area contributed by atoms with E-state index in [2.05, 4.69) is 22.5 Å². The Bertz CT molecular complexity index is 519. The summed E-state index contributed by atoms with van der Waals surface area (Å²) in [5.41, 5.74) is 1.07. The van der Waals surface area contributed by atoms with Gasteiger partial charge in [0.2, 0.25) is 0 Å². The molecule has 0 saturated carbocycles. The molecule has 2 N–H and O–H groups in total. The summed E-state index contributed by atoms with van der Waals surface area (Å²) in [6.07, 6.45) is 2.17. The van der Waals surface area contributed by atoms with Crippen LogP contribution in [0, 0.1) is 0 Å². The first-order chi connectivity index (χ1) is 11.2. The van der Waals surface area contributed by atoms with E-state index in [0.29, 0.717) is 6.54 Å². The van der Waals surface area contributed by atoms with Gasteiger partial charge in [0, 0.05) is 43.1 Å². The zero-order valence-electron chi connectivity index (χ0n) is 14.3. The van der Waals surface area contributed by atoms with Crippen LogP contribution in [0.15, 0.2) is 29.3 Å². The molecule has 0 aliphatic carbocycles. The molecular weight excluding hydrogens is 457 g/mol. The molecule has 0 radical (unpaired) electrons. The molecule has 1 aromatic carbocycles. The standard InChI is InChI=1S/C17H26ClN3OS.HI/c1-3-23-17(8-10-22-11-9-17)13-21-16(19-2)20-12-14-6-4-5-7-15(14)18;/h4-7H,3,8-13H2,1-2H3,(H2,19,20,21);1H. The topological polar surface area (TPSA) is 45.7 Å². The average Bonchev–Trinajstić information content (AvgIpc) is 2.57. The Balaban J connectivity index is 0.00000288. The number of thioether (sulfide) groups is 1. The molecule has 24 heavy (non-hydrogen) atoms. The molecule has 0 atom stereocenters. The van der Waals surface area contributed by atoms with Crippen LogP contribution < -0.4 is 10.6 Å². The fourth-order valence-electron chi connectivity index (χ4n) is 2.71. The average molecular weight is 484 g/mol. The smallest absolute Gasteiger partial charge is 0.191 e. The Morgan fingerprint density at radius 2 is 2.00 bits per heavy atom. The number of hydrogen-bond donors (Lipinski definition) is 2. The summed E-state index contributed by atoms with van der Waals surface area (Å²) in [5.74, 6) is 1.93. The van der Waals surface area contributed by atoms with Crippen molar-refractivity contribution in [1.29, 1.82) is 0 Å². The second-order valence-electron chi connectivity index (χ2n) is 5.60. The predicted molar refractivity (Wildman–Crippen MR) is 116 cm³/mol. The lowest BCUT2D eigenvalue weighted by atomic mass is 9.99. The number of hydrogen-bond acceptors (Lipinski definition) is 3. The minimum absolute atomic E-state index is 0. The van der Waals surface area contributed by atoms with Crippen LogP contribution in [0.25, 0.3) is 0 Å². The van der Waals surface area contributed by atoms with Crippen molar-refractivity contribution in [1.82, 2.24) is 10.6 Å². The van der Waals surface area contributed by atoms with Crippen molar-refractivity contribution in [3.8, 4) is 0 Å². The number of halogens is 2. The van der Waals surface area contributed by atoms with Gasteiger partial charge in [-0.1, -0.05) is 36.7 Å². The molecule has 1 aliphatic heterocycles. The SMILES string of the molecule is CCSC1(CNC(=NC)NCc2ccccc2Cl)CCOCC1.I. The van der Waals surface area contributed by atoms with Gasteiger partial charge in [-0.25, -0.2) is 0 Å². The fraction of sp³-hybridized carbons (Fsp3) is 0.588. The molecule has 1 fully saturated rings. The Labute approximate surface area is 171 Å². The normalized spacial score (nSPS) is 17.0. The molecule has 136 valence electrons. The van der Waals surface area contributed by atoms with E-state index in [-0.39, 0.29) is 28.7 Å². The molecule has 0 bridgehead atoms. The highest BCUT2D eigenvalue weighted by atomic mass is 127. The van der Waals surface area contributed by atoms with Gasteiger partial charge in [0.25, 0.3) is 0 Å². The molecular formula is C17H27ClIN3OS. The third kappa shape index (κ3) is 6.61. The molecule has 0 spiro atoms. The van der Waals surface area contributed by atoms with Crippen molar-refractivity contribution in [3.63, 3.8) is 0 Å². The lowest BCUT2D eigenvalue weighted by molar-refractivity contribution is 0.0782. The van der Waals surface area contributed by atoms with E-state index in [9.17, 15) is 0 Å². The molecule has 1 aliphatic rings. The van der Waals surface area contributed by atoms with Crippen LogP contribution in [0.4, 0.5) is 0 Å². The van der Waals surface area contributed by atoms with Gasteiger partial charge in [-0.2, -0.15) is 11.8 Å². The summed E-state index contributed by atoms with van der Waals surface area (Å²) in [5, 5.41) is 7.59. The summed E-state index contributed by atoms with van der Waals surface area (Å²) in [7, 11) is 1.80. The van der Waals surface area contributed by atoms with Crippen molar-refractivity contribution >= 4 is 53.3 Å². The van der Waals surface area contributed by atoms with Crippen LogP contribution in [-0.2, 0) is 11.3 Å². The maximum Gasteiger partial charge on any atom is 0.191 e. The van der Waals surface area contributed by atoms with Gasteiger partial charge < -0.3 is 15.4 Å². The third-order valence-corrected chi connectivity index (χ3v) is 5.88. The van der Waals surface area contributed by atoms with E-state index < -0.39 is 0 Å². The highest BCUT2D eigenvalue weighted by Gasteiger charge is 2.32. The Hall–Kier alpha value is -0.180. The molecule has 7 heteroatoms. The largest absolute Gasteiger partial charge is 0.381 e. The fourth-order valence-corrected chi connectivity index (χ4v) is 4.15. The van der Waals surface area contributed by atoms with Crippen molar-refractivity contribution in [2.24, 2.45) is 4.99 Å². The van der Waals surface area contributed by atoms with Gasteiger partial charge in [0.15, 0.2) is 5.96 Å². The maximum atomic E-state index is 6.20. The Morgan fingerprint density at radius 1 is 1.29 bits per heavy atom. The van der Waals surface area contributed by atoms with E-state index in [4.69, 9.17) is 16.3 Å². The predicted octanol–water partition coefficient (Wildman–Crippen LogP) is 3.93. The van der Waals surface area contributed by atoms with Gasteiger partial charge in [-0.15, -0.1) is 24.0 Å². The van der Waals surface area contributed by atoms with Crippen LogP contribution in [0.1, 0.15) is 25.3 Å². The molecule has 1 saturated heterocycles. The van der Waals surface area contributed by atoms with Gasteiger partial charge in [0.1, 0.15) is 0 Å². The number of guanidine groups is 1. The lowest BCUT2D eigenvalue weighted by Crippen LogP contribution is -2.48. The van der Waals surface area contributed by atoms with Crippen molar-refractivity contribution in [3.05, 3.63) is 34.9 Å². The molecule has 0 unspecified atom stereocenters. The van der Waals surface area contributed by atoms with Crippen LogP contribution in [0.3, 0.4) is 0 Å². The van der Waals surface area contributed by atoms with E-state index in [1.54, 1.807) is 7.05 Å². The summed E-state index contributed by atoms with van der Waals surface area (Å²) >= 11 is 8.22. The van der Waals surface area contributed by atoms with Crippen LogP contribution in [0.2, 0.25) is 5.02 Å². The highest BCUT2D eigenvalue weighted by Crippen LogP contribution is 2.34. The summed E-state index contributed by atoms with van der Waals surface area (Å²) in [6, 6.07) is 7.86.